The molecule has 2 aliphatic rings. The number of nitrogens with zero attached hydrogens (tertiary/aromatic N) is 4. The van der Waals surface area contributed by atoms with E-state index in [1.807, 2.05) is 13.0 Å². The van der Waals surface area contributed by atoms with Crippen molar-refractivity contribution in [3.63, 3.8) is 0 Å². The first-order valence-electron chi connectivity index (χ1n) is 9.43. The van der Waals surface area contributed by atoms with Crippen molar-refractivity contribution in [2.24, 2.45) is 11.3 Å². The molecule has 5 rings (SSSR count). The fourth-order valence-electron chi connectivity index (χ4n) is 4.62. The molecule has 0 aromatic carbocycles. The van der Waals surface area contributed by atoms with Crippen LogP contribution < -0.4 is 5.32 Å². The van der Waals surface area contributed by atoms with Crippen LogP contribution in [0.3, 0.4) is 0 Å². The largest absolute Gasteiger partial charge is 0.389 e. The predicted molar refractivity (Wildman–Crippen MR) is 111 cm³/mol. The molecule has 3 heterocycles. The van der Waals surface area contributed by atoms with E-state index in [4.69, 9.17) is 11.6 Å². The molecule has 0 bridgehead atoms. The zero-order valence-corrected chi connectivity index (χ0v) is 17.7. The van der Waals surface area contributed by atoms with Crippen LogP contribution in [-0.4, -0.2) is 54.9 Å². The molecule has 0 aliphatic heterocycles. The van der Waals surface area contributed by atoms with Crippen LogP contribution in [0, 0.1) is 30.1 Å². The number of rotatable bonds is 2. The summed E-state index contributed by atoms with van der Waals surface area (Å²) in [6.07, 6.45) is -0.154. The van der Waals surface area contributed by atoms with Gasteiger partial charge in [-0.15, -0.1) is 11.3 Å². The summed E-state index contributed by atoms with van der Waals surface area (Å²) in [6, 6.07) is 3.10. The monoisotopic (exact) mass is 443 g/mol. The van der Waals surface area contributed by atoms with Gasteiger partial charge < -0.3 is 20.1 Å². The third-order valence-corrected chi connectivity index (χ3v) is 7.26. The highest BCUT2D eigenvalue weighted by atomic mass is 35.5. The number of aromatic nitrogens is 4. The maximum Gasteiger partial charge on any atom is 0.229 e. The maximum absolute atomic E-state index is 12.4. The fraction of sp³-hybridized carbons (Fsp3) is 0.400. The van der Waals surface area contributed by atoms with Gasteiger partial charge in [-0.25, -0.2) is 15.0 Å². The Morgan fingerprint density at radius 2 is 2.17 bits per heavy atom. The number of aryl methyl sites for hydroxylation is 1. The van der Waals surface area contributed by atoms with Crippen LogP contribution in [0.4, 0.5) is 0 Å². The lowest BCUT2D eigenvalue weighted by atomic mass is 9.98. The van der Waals surface area contributed by atoms with Crippen molar-refractivity contribution < 1.29 is 15.0 Å². The summed E-state index contributed by atoms with van der Waals surface area (Å²) in [6.45, 7) is 1.82. The number of thiophene rings is 1. The summed E-state index contributed by atoms with van der Waals surface area (Å²) in [5, 5.41) is 24.0. The molecule has 2 saturated carbocycles. The predicted octanol–water partition coefficient (Wildman–Crippen LogP) is 1.28. The number of fused-ring (bicyclic) bond motifs is 2. The molecule has 0 spiro atoms. The molecular weight excluding hydrogens is 426 g/mol. The molecule has 1 unspecified atom stereocenters. The highest BCUT2D eigenvalue weighted by Gasteiger charge is 2.75. The van der Waals surface area contributed by atoms with Crippen molar-refractivity contribution in [1.82, 2.24) is 24.8 Å². The third kappa shape index (κ3) is 2.68. The average Bonchev–Trinajstić information content (AvgIpc) is 2.98. The first kappa shape index (κ1) is 19.5. The molecule has 2 fully saturated rings. The van der Waals surface area contributed by atoms with E-state index in [9.17, 15) is 15.0 Å². The Bertz CT molecular complexity index is 1240. The second kappa shape index (κ2) is 6.75. The van der Waals surface area contributed by atoms with Gasteiger partial charge >= 0.3 is 0 Å². The molecule has 3 aromatic heterocycles. The summed E-state index contributed by atoms with van der Waals surface area (Å²) in [7, 11) is 1.54. The van der Waals surface area contributed by atoms with Gasteiger partial charge in [0.15, 0.2) is 5.65 Å². The third-order valence-electron chi connectivity index (χ3n) is 6.11. The summed E-state index contributed by atoms with van der Waals surface area (Å²) in [5.41, 5.74) is 0.818. The van der Waals surface area contributed by atoms with Crippen molar-refractivity contribution in [2.45, 2.75) is 31.6 Å². The maximum atomic E-state index is 12.4. The molecule has 1 amide bonds. The van der Waals surface area contributed by atoms with Gasteiger partial charge in [-0.05, 0) is 37.3 Å². The van der Waals surface area contributed by atoms with E-state index < -0.39 is 23.7 Å². The first-order chi connectivity index (χ1) is 14.4. The van der Waals surface area contributed by atoms with E-state index >= 15 is 0 Å². The summed E-state index contributed by atoms with van der Waals surface area (Å²) < 4.78 is 2.40. The minimum absolute atomic E-state index is 0.196. The van der Waals surface area contributed by atoms with Crippen molar-refractivity contribution in [1.29, 1.82) is 0 Å². The molecular formula is C20H18ClN5O3S. The number of nitrogens with one attached hydrogen (secondary N) is 1. The Balaban J connectivity index is 1.56. The molecule has 0 saturated heterocycles. The van der Waals surface area contributed by atoms with Crippen LogP contribution in [0.5, 0.6) is 0 Å². The highest BCUT2D eigenvalue weighted by molar-refractivity contribution is 7.16. The number of hydrogen-bond acceptors (Lipinski definition) is 7. The number of hydrogen-bond donors (Lipinski definition) is 3. The van der Waals surface area contributed by atoms with Gasteiger partial charge in [0.25, 0.3) is 0 Å². The van der Waals surface area contributed by atoms with E-state index in [-0.39, 0.29) is 11.8 Å². The molecule has 5 atom stereocenters. The minimum Gasteiger partial charge on any atom is -0.389 e. The highest BCUT2D eigenvalue weighted by Crippen LogP contribution is 2.67. The van der Waals surface area contributed by atoms with Crippen LogP contribution >= 0.6 is 22.9 Å². The zero-order chi connectivity index (χ0) is 21.2. The minimum atomic E-state index is -1.14. The van der Waals surface area contributed by atoms with E-state index in [1.54, 1.807) is 17.0 Å². The molecule has 30 heavy (non-hydrogen) atoms. The van der Waals surface area contributed by atoms with E-state index in [1.165, 1.54) is 18.4 Å². The zero-order valence-electron chi connectivity index (χ0n) is 16.1. The van der Waals surface area contributed by atoms with E-state index in [0.29, 0.717) is 33.4 Å². The van der Waals surface area contributed by atoms with Gasteiger partial charge in [-0.3, -0.25) is 4.79 Å². The number of imidazole rings is 1. The lowest BCUT2D eigenvalue weighted by molar-refractivity contribution is -0.132. The van der Waals surface area contributed by atoms with Crippen molar-refractivity contribution in [2.75, 3.05) is 7.05 Å². The van der Waals surface area contributed by atoms with Gasteiger partial charge in [0.2, 0.25) is 11.7 Å². The van der Waals surface area contributed by atoms with Gasteiger partial charge in [0.1, 0.15) is 11.6 Å². The Labute approximate surface area is 180 Å². The van der Waals surface area contributed by atoms with Crippen LogP contribution in [0.25, 0.3) is 11.2 Å². The van der Waals surface area contributed by atoms with Crippen molar-refractivity contribution in [3.05, 3.63) is 39.2 Å². The Morgan fingerprint density at radius 3 is 2.87 bits per heavy atom. The Kier molecular flexibility index (Phi) is 4.38. The van der Waals surface area contributed by atoms with Crippen LogP contribution in [0.15, 0.2) is 18.5 Å². The lowest BCUT2D eigenvalue weighted by Crippen LogP contribution is -2.41. The second-order valence-corrected chi connectivity index (χ2v) is 9.38. The SMILES string of the molecule is CNC(=O)[C@]12C[C@@H]1[C@@H](n1cnc3c(C)nc(C#Cc4ccc(Cl)s4)nc31)[C@@H](O)C2O. The summed E-state index contributed by atoms with van der Waals surface area (Å²) in [4.78, 5) is 26.6. The molecule has 3 N–H and O–H groups in total. The van der Waals surface area contributed by atoms with E-state index in [2.05, 4.69) is 32.1 Å². The van der Waals surface area contributed by atoms with Gasteiger partial charge in [0.05, 0.1) is 38.8 Å². The molecule has 10 heteroatoms. The Hall–Kier alpha value is -2.51. The second-order valence-electron chi connectivity index (χ2n) is 7.67. The molecule has 154 valence electrons. The van der Waals surface area contributed by atoms with Gasteiger partial charge in [-0.1, -0.05) is 11.6 Å². The average molecular weight is 444 g/mol. The quantitative estimate of drug-likeness (QED) is 0.514. The van der Waals surface area contributed by atoms with Crippen LogP contribution in [-0.2, 0) is 4.79 Å². The lowest BCUT2D eigenvalue weighted by Gasteiger charge is -2.23. The number of carbonyl (C=O) groups excluding carboxylic acids is 1. The van der Waals surface area contributed by atoms with Gasteiger partial charge in [0, 0.05) is 13.0 Å². The number of halogens is 1. The standard InChI is InChI=1S/C20H18ClN5O3S/c1-9-14-18(25-13(24-9)6-4-10-3-5-12(21)30-10)26(8-23-14)15-11-7-20(11,19(29)22-2)17(28)16(15)27/h3,5,8,11,15-17,27-28H,7H2,1-2H3,(H,22,29)/t11-,15-,16-,17?,20-/m1/s1. The summed E-state index contributed by atoms with van der Waals surface area (Å²) in [5.74, 6) is 5.84. The van der Waals surface area contributed by atoms with Gasteiger partial charge in [-0.2, -0.15) is 0 Å². The number of amides is 1. The first-order valence-corrected chi connectivity index (χ1v) is 10.6. The molecule has 8 nitrogen and oxygen atoms in total. The topological polar surface area (TPSA) is 113 Å². The van der Waals surface area contributed by atoms with Crippen LogP contribution in [0.1, 0.15) is 28.9 Å². The van der Waals surface area contributed by atoms with Crippen LogP contribution in [0.2, 0.25) is 4.34 Å². The fourth-order valence-corrected chi connectivity index (χ4v) is 5.51. The number of aliphatic hydroxyl groups is 2. The smallest absolute Gasteiger partial charge is 0.229 e. The number of carbonyl (C=O) groups is 1. The normalized spacial score (nSPS) is 29.4. The van der Waals surface area contributed by atoms with Crippen molar-refractivity contribution in [3.8, 4) is 11.8 Å². The van der Waals surface area contributed by atoms with Crippen molar-refractivity contribution >= 4 is 40.0 Å². The molecule has 3 aromatic rings. The molecule has 0 radical (unpaired) electrons. The molecule has 2 aliphatic carbocycles. The summed E-state index contributed by atoms with van der Waals surface area (Å²) >= 11 is 7.32. The Morgan fingerprint density at radius 1 is 1.37 bits per heavy atom. The van der Waals surface area contributed by atoms with E-state index in [0.717, 1.165) is 4.88 Å². The number of aliphatic hydroxyl groups excluding tert-OH is 2.